The molecule has 3 aromatic carbocycles. The summed E-state index contributed by atoms with van der Waals surface area (Å²) in [7, 11) is 0. The quantitative estimate of drug-likeness (QED) is 0.191. The highest BCUT2D eigenvalue weighted by Crippen LogP contribution is 2.28. The van der Waals surface area contributed by atoms with Crippen molar-refractivity contribution in [2.75, 3.05) is 13.1 Å². The van der Waals surface area contributed by atoms with E-state index < -0.39 is 0 Å². The van der Waals surface area contributed by atoms with Crippen LogP contribution in [0.4, 0.5) is 0 Å². The number of Topliss-reactive ketones (excluding diaryl/α,β-unsaturated/α-hetero) is 1. The van der Waals surface area contributed by atoms with Crippen LogP contribution in [0.5, 0.6) is 0 Å². The number of benzene rings is 3. The van der Waals surface area contributed by atoms with Gasteiger partial charge in [0.15, 0.2) is 11.6 Å². The lowest BCUT2D eigenvalue weighted by Crippen LogP contribution is -2.31. The van der Waals surface area contributed by atoms with Crippen LogP contribution in [0.25, 0.3) is 22.3 Å². The number of hydrogen-bond donors (Lipinski definition) is 0. The predicted octanol–water partition coefficient (Wildman–Crippen LogP) is 7.09. The molecule has 2 aromatic heterocycles. The molecule has 0 N–H and O–H groups in total. The highest BCUT2D eigenvalue weighted by molar-refractivity contribution is 5.95. The zero-order valence-corrected chi connectivity index (χ0v) is 23.0. The molecule has 5 aromatic rings. The minimum Gasteiger partial charge on any atom is -0.423 e. The van der Waals surface area contributed by atoms with E-state index in [2.05, 4.69) is 63.2 Å². The number of nitrogens with zero attached hydrogens (tertiary/aromatic N) is 5. The van der Waals surface area contributed by atoms with Gasteiger partial charge in [0.2, 0.25) is 11.8 Å². The van der Waals surface area contributed by atoms with Crippen LogP contribution in [0.15, 0.2) is 89.5 Å². The molecule has 7 nitrogen and oxygen atoms in total. The van der Waals surface area contributed by atoms with E-state index in [1.807, 2.05) is 55.5 Å². The van der Waals surface area contributed by atoms with Gasteiger partial charge in [0.05, 0.1) is 5.52 Å². The average molecular weight is 522 g/mol. The fourth-order valence-corrected chi connectivity index (χ4v) is 4.50. The van der Waals surface area contributed by atoms with E-state index in [9.17, 15) is 4.79 Å². The number of fused-ring (bicyclic) bond motifs is 1. The molecule has 7 heteroatoms. The molecule has 0 amide bonds. The van der Waals surface area contributed by atoms with Crippen LogP contribution < -0.4 is 0 Å². The molecule has 0 fully saturated rings. The molecule has 0 aliphatic heterocycles. The van der Waals surface area contributed by atoms with Crippen molar-refractivity contribution >= 4 is 16.7 Å². The Balaban J connectivity index is 0.000000181. The van der Waals surface area contributed by atoms with Crippen LogP contribution in [-0.2, 0) is 0 Å². The van der Waals surface area contributed by atoms with E-state index in [0.717, 1.165) is 42.4 Å². The molecule has 0 saturated carbocycles. The summed E-state index contributed by atoms with van der Waals surface area (Å²) in [5.41, 5.74) is 3.64. The number of para-hydroxylation sites is 1. The fraction of sp³-hybridized carbons (Fsp3) is 0.281. The largest absolute Gasteiger partial charge is 0.423 e. The average Bonchev–Trinajstić information content (AvgIpc) is 3.39. The molecule has 0 unspecified atom stereocenters. The van der Waals surface area contributed by atoms with Gasteiger partial charge < -0.3 is 4.42 Å². The van der Waals surface area contributed by atoms with Gasteiger partial charge in [-0.05, 0) is 50.6 Å². The Morgan fingerprint density at radius 3 is 2.28 bits per heavy atom. The summed E-state index contributed by atoms with van der Waals surface area (Å²) in [6.07, 6.45) is 4.02. The lowest BCUT2D eigenvalue weighted by molar-refractivity contribution is 0.101. The topological polar surface area (TPSA) is 85.0 Å². The van der Waals surface area contributed by atoms with E-state index in [1.54, 1.807) is 19.2 Å². The summed E-state index contributed by atoms with van der Waals surface area (Å²) < 4.78 is 5.71. The van der Waals surface area contributed by atoms with Crippen LogP contribution in [0.1, 0.15) is 67.4 Å². The minimum atomic E-state index is 0.0441. The van der Waals surface area contributed by atoms with E-state index in [4.69, 9.17) is 4.42 Å². The summed E-state index contributed by atoms with van der Waals surface area (Å²) in [6.45, 7) is 9.83. The number of hydrogen-bond acceptors (Lipinski definition) is 7. The van der Waals surface area contributed by atoms with Gasteiger partial charge in [-0.2, -0.15) is 0 Å². The lowest BCUT2D eigenvalue weighted by atomic mass is 10.0. The highest BCUT2D eigenvalue weighted by atomic mass is 16.4. The van der Waals surface area contributed by atoms with Gasteiger partial charge in [-0.25, -0.2) is 9.97 Å². The van der Waals surface area contributed by atoms with Crippen molar-refractivity contribution < 1.29 is 9.21 Å². The maximum Gasteiger partial charge on any atom is 0.238 e. The van der Waals surface area contributed by atoms with E-state index in [1.165, 1.54) is 5.56 Å². The molecule has 0 spiro atoms. The maximum atomic E-state index is 11.4. The molecule has 5 rings (SSSR count). The molecule has 0 aliphatic carbocycles. The molecule has 2 heterocycles. The normalized spacial score (nSPS) is 11.7. The summed E-state index contributed by atoms with van der Waals surface area (Å²) >= 11 is 0. The number of carbonyl (C=O) groups is 1. The second kappa shape index (κ2) is 13.5. The van der Waals surface area contributed by atoms with Crippen LogP contribution in [0.2, 0.25) is 0 Å². The van der Waals surface area contributed by atoms with Gasteiger partial charge in [-0.3, -0.25) is 9.69 Å². The number of aromatic nitrogens is 4. The second-order valence-corrected chi connectivity index (χ2v) is 9.40. The van der Waals surface area contributed by atoms with Crippen molar-refractivity contribution in [3.05, 3.63) is 108 Å². The standard InChI is InChI=1S/C16H23N3O.C16H12N2O/c1-4-11-19(12-5-2)15(14-9-7-6-8-10-14)16-18-17-13(3)20-16;1-11(19)12-6-4-7-13(9-12)16-17-10-14-5-2-3-8-15(14)18-16/h6-10,15H,4-5,11-12H2,1-3H3;2-10H,1H3/t15-;/m1./s1. The fourth-order valence-electron chi connectivity index (χ4n) is 4.50. The predicted molar refractivity (Wildman–Crippen MR) is 154 cm³/mol. The Hall–Kier alpha value is -4.23. The Bertz CT molecular complexity index is 1490. The van der Waals surface area contributed by atoms with Gasteiger partial charge in [0.25, 0.3) is 0 Å². The molecular formula is C32H35N5O2. The van der Waals surface area contributed by atoms with Crippen molar-refractivity contribution in [2.45, 2.75) is 46.6 Å². The molecule has 0 bridgehead atoms. The first-order valence-corrected chi connectivity index (χ1v) is 13.4. The third-order valence-corrected chi connectivity index (χ3v) is 6.29. The SMILES string of the molecule is CC(=O)c1cccc(-c2ncc3ccccc3n2)c1.CCCN(CCC)[C@H](c1ccccc1)c1nnc(C)o1. The highest BCUT2D eigenvalue weighted by Gasteiger charge is 2.26. The third kappa shape index (κ3) is 7.21. The lowest BCUT2D eigenvalue weighted by Gasteiger charge is -2.29. The van der Waals surface area contributed by atoms with Crippen LogP contribution in [0.3, 0.4) is 0 Å². The number of rotatable bonds is 9. The third-order valence-electron chi connectivity index (χ3n) is 6.29. The van der Waals surface area contributed by atoms with Crippen molar-refractivity contribution in [3.63, 3.8) is 0 Å². The van der Waals surface area contributed by atoms with Crippen molar-refractivity contribution in [1.82, 2.24) is 25.1 Å². The first kappa shape index (κ1) is 27.8. The monoisotopic (exact) mass is 521 g/mol. The first-order valence-electron chi connectivity index (χ1n) is 13.4. The Morgan fingerprint density at radius 2 is 1.62 bits per heavy atom. The summed E-state index contributed by atoms with van der Waals surface area (Å²) in [4.78, 5) is 22.7. The zero-order valence-electron chi connectivity index (χ0n) is 23.0. The molecule has 0 aliphatic rings. The molecule has 200 valence electrons. The molecule has 0 saturated heterocycles. The molecular weight excluding hydrogens is 486 g/mol. The number of aryl methyl sites for hydroxylation is 1. The minimum absolute atomic E-state index is 0.0441. The second-order valence-electron chi connectivity index (χ2n) is 9.40. The maximum absolute atomic E-state index is 11.4. The summed E-state index contributed by atoms with van der Waals surface area (Å²) in [6, 6.07) is 25.7. The Kier molecular flexibility index (Phi) is 9.64. The summed E-state index contributed by atoms with van der Waals surface area (Å²) in [5.74, 6) is 1.99. The van der Waals surface area contributed by atoms with Crippen molar-refractivity contribution in [2.24, 2.45) is 0 Å². The van der Waals surface area contributed by atoms with Crippen LogP contribution in [0, 0.1) is 6.92 Å². The molecule has 1 atom stereocenters. The molecule has 0 radical (unpaired) electrons. The summed E-state index contributed by atoms with van der Waals surface area (Å²) in [5, 5.41) is 9.25. The number of ketones is 1. The van der Waals surface area contributed by atoms with Gasteiger partial charge in [0.1, 0.15) is 6.04 Å². The van der Waals surface area contributed by atoms with E-state index in [-0.39, 0.29) is 11.8 Å². The number of carbonyl (C=O) groups excluding carboxylic acids is 1. The Morgan fingerprint density at radius 1 is 0.897 bits per heavy atom. The van der Waals surface area contributed by atoms with Gasteiger partial charge in [-0.15, -0.1) is 10.2 Å². The van der Waals surface area contributed by atoms with Gasteiger partial charge in [-0.1, -0.05) is 80.6 Å². The smallest absolute Gasteiger partial charge is 0.238 e. The van der Waals surface area contributed by atoms with Gasteiger partial charge >= 0.3 is 0 Å². The first-order chi connectivity index (χ1) is 19.0. The van der Waals surface area contributed by atoms with Crippen LogP contribution >= 0.6 is 0 Å². The Labute approximate surface area is 230 Å². The van der Waals surface area contributed by atoms with E-state index >= 15 is 0 Å². The van der Waals surface area contributed by atoms with E-state index in [0.29, 0.717) is 23.2 Å². The molecule has 39 heavy (non-hydrogen) atoms. The zero-order chi connectivity index (χ0) is 27.6. The van der Waals surface area contributed by atoms with Crippen molar-refractivity contribution in [3.8, 4) is 11.4 Å². The van der Waals surface area contributed by atoms with Crippen LogP contribution in [-0.4, -0.2) is 43.9 Å². The van der Waals surface area contributed by atoms with Crippen molar-refractivity contribution in [1.29, 1.82) is 0 Å². The van der Waals surface area contributed by atoms with Gasteiger partial charge in [0, 0.05) is 29.6 Å².